The Hall–Kier alpha value is -3.08. The second-order valence-electron chi connectivity index (χ2n) is 10.4. The lowest BCUT2D eigenvalue weighted by atomic mass is 9.86. The van der Waals surface area contributed by atoms with Crippen molar-refractivity contribution in [2.75, 3.05) is 25.0 Å². The van der Waals surface area contributed by atoms with Crippen LogP contribution < -0.4 is 5.32 Å². The molecule has 0 aromatic heterocycles. The van der Waals surface area contributed by atoms with Crippen LogP contribution in [0.5, 0.6) is 0 Å². The molecule has 0 heterocycles. The number of benzene rings is 2. The minimum absolute atomic E-state index is 0.206. The number of hydrogen-bond donors (Lipinski definition) is 1. The van der Waals surface area contributed by atoms with Crippen molar-refractivity contribution in [3.63, 3.8) is 0 Å². The van der Waals surface area contributed by atoms with Crippen molar-refractivity contribution < 1.29 is 17.7 Å². The van der Waals surface area contributed by atoms with Gasteiger partial charge in [0.2, 0.25) is 5.71 Å². The lowest BCUT2D eigenvalue weighted by molar-refractivity contribution is -0.527. The molecule has 2 nitrogen and oxygen atoms in total. The lowest BCUT2D eigenvalue weighted by Gasteiger charge is -2.21. The molecule has 0 bridgehead atoms. The van der Waals surface area contributed by atoms with Gasteiger partial charge in [0.25, 0.3) is 0 Å². The molecule has 1 aliphatic carbocycles. The first kappa shape index (κ1) is 30.5. The van der Waals surface area contributed by atoms with E-state index in [1.54, 1.807) is 12.1 Å². The molecule has 5 heteroatoms. The van der Waals surface area contributed by atoms with Gasteiger partial charge in [0, 0.05) is 36.7 Å². The van der Waals surface area contributed by atoms with Gasteiger partial charge >= 0.3 is 6.18 Å². The highest BCUT2D eigenvalue weighted by atomic mass is 19.4. The quantitative estimate of drug-likeness (QED) is 0.210. The van der Waals surface area contributed by atoms with Gasteiger partial charge in [0.15, 0.2) is 0 Å². The van der Waals surface area contributed by atoms with Crippen LogP contribution in [0.3, 0.4) is 0 Å². The summed E-state index contributed by atoms with van der Waals surface area (Å²) in [7, 11) is 0. The third-order valence-electron chi connectivity index (χ3n) is 7.25. The maximum atomic E-state index is 14.2. The van der Waals surface area contributed by atoms with Crippen molar-refractivity contribution in [2.24, 2.45) is 0 Å². The zero-order valence-corrected chi connectivity index (χ0v) is 24.2. The van der Waals surface area contributed by atoms with Crippen molar-refractivity contribution in [3.05, 3.63) is 94.1 Å². The van der Waals surface area contributed by atoms with Crippen LogP contribution >= 0.6 is 0 Å². The molecule has 0 saturated carbocycles. The zero-order chi connectivity index (χ0) is 28.4. The minimum Gasteiger partial charge on any atom is -0.385 e. The Morgan fingerprint density at radius 1 is 0.846 bits per heavy atom. The molecule has 0 atom stereocenters. The minimum atomic E-state index is -4.45. The maximum absolute atomic E-state index is 14.2. The average Bonchev–Trinajstić information content (AvgIpc) is 2.90. The lowest BCUT2D eigenvalue weighted by Crippen LogP contribution is -2.24. The van der Waals surface area contributed by atoms with Crippen LogP contribution in [0, 0.1) is 6.92 Å². The highest BCUT2D eigenvalue weighted by molar-refractivity contribution is 6.08. The highest BCUT2D eigenvalue weighted by Crippen LogP contribution is 2.40. The molecular formula is C34H44F3N2+. The highest BCUT2D eigenvalue weighted by Gasteiger charge is 2.34. The SMILES string of the molecule is CCCCNc1ccc(C(=C2C=CC(=[N+](CCCC)CCCC)C(C)=C2)c2ccccc2C(F)(F)F)cc1C. The summed E-state index contributed by atoms with van der Waals surface area (Å²) in [5, 5.41) is 3.46. The van der Waals surface area contributed by atoms with Gasteiger partial charge < -0.3 is 5.32 Å². The number of nitrogens with one attached hydrogen (secondary N) is 1. The fourth-order valence-electron chi connectivity index (χ4n) is 5.06. The van der Waals surface area contributed by atoms with Gasteiger partial charge in [0.1, 0.15) is 13.1 Å². The Balaban J connectivity index is 2.20. The number of aryl methyl sites for hydroxylation is 1. The van der Waals surface area contributed by atoms with E-state index in [-0.39, 0.29) is 5.56 Å². The van der Waals surface area contributed by atoms with Crippen LogP contribution in [0.2, 0.25) is 0 Å². The third-order valence-corrected chi connectivity index (χ3v) is 7.25. The normalized spacial score (nSPS) is 14.9. The number of unbranched alkanes of at least 4 members (excludes halogenated alkanes) is 3. The number of allylic oxidation sites excluding steroid dienone is 5. The van der Waals surface area contributed by atoms with E-state index in [4.69, 9.17) is 0 Å². The summed E-state index contributed by atoms with van der Waals surface area (Å²) in [5.74, 6) is 0. The van der Waals surface area contributed by atoms with Gasteiger partial charge in [-0.15, -0.1) is 0 Å². The van der Waals surface area contributed by atoms with E-state index >= 15 is 0 Å². The van der Waals surface area contributed by atoms with Crippen molar-refractivity contribution in [3.8, 4) is 0 Å². The van der Waals surface area contributed by atoms with E-state index < -0.39 is 11.7 Å². The summed E-state index contributed by atoms with van der Waals surface area (Å²) in [4.78, 5) is 0. The monoisotopic (exact) mass is 537 g/mol. The predicted molar refractivity (Wildman–Crippen MR) is 160 cm³/mol. The summed E-state index contributed by atoms with van der Waals surface area (Å²) in [6, 6.07) is 11.9. The predicted octanol–water partition coefficient (Wildman–Crippen LogP) is 9.60. The van der Waals surface area contributed by atoms with Crippen LogP contribution in [0.15, 0.2) is 71.8 Å². The van der Waals surface area contributed by atoms with E-state index in [2.05, 4.69) is 49.7 Å². The van der Waals surface area contributed by atoms with Gasteiger partial charge in [-0.2, -0.15) is 13.2 Å². The Morgan fingerprint density at radius 2 is 1.51 bits per heavy atom. The maximum Gasteiger partial charge on any atom is 0.417 e. The first-order chi connectivity index (χ1) is 18.7. The van der Waals surface area contributed by atoms with Gasteiger partial charge in [-0.25, -0.2) is 4.58 Å². The van der Waals surface area contributed by atoms with Crippen molar-refractivity contribution in [2.45, 2.75) is 79.3 Å². The molecule has 39 heavy (non-hydrogen) atoms. The summed E-state index contributed by atoms with van der Waals surface area (Å²) < 4.78 is 45.1. The number of nitrogens with zero attached hydrogens (tertiary/aromatic N) is 1. The molecular weight excluding hydrogens is 493 g/mol. The molecule has 210 valence electrons. The topological polar surface area (TPSA) is 15.0 Å². The van der Waals surface area contributed by atoms with Gasteiger partial charge in [0.05, 0.1) is 5.56 Å². The van der Waals surface area contributed by atoms with Crippen molar-refractivity contribution in [1.82, 2.24) is 0 Å². The average molecular weight is 538 g/mol. The summed E-state index contributed by atoms with van der Waals surface area (Å²) >= 11 is 0. The Labute approximate surface area is 233 Å². The first-order valence-corrected chi connectivity index (χ1v) is 14.5. The van der Waals surface area contributed by atoms with Crippen LogP contribution in [0.25, 0.3) is 5.57 Å². The second kappa shape index (κ2) is 14.3. The Bertz CT molecular complexity index is 1240. The Kier molecular flexibility index (Phi) is 11.2. The number of rotatable bonds is 12. The van der Waals surface area contributed by atoms with E-state index in [9.17, 15) is 13.2 Å². The molecule has 0 fully saturated rings. The second-order valence-corrected chi connectivity index (χ2v) is 10.4. The molecule has 0 amide bonds. The van der Waals surface area contributed by atoms with Gasteiger partial charge in [-0.05, 0) is 78.5 Å². The summed E-state index contributed by atoms with van der Waals surface area (Å²) in [5.41, 5.74) is 6.06. The molecule has 0 aliphatic heterocycles. The standard InChI is InChI=1S/C34H43F3N2/c1-6-9-20-38-31-18-16-27(23-25(31)4)33(29-14-12-13-15-30(29)34(35,36)37)28-17-19-32(26(5)24-28)39(21-10-7-2)22-11-8-3/h12-19,23-24H,6-11,20-22H2,1-5H3/p+1. The molecule has 3 rings (SSSR count). The molecule has 0 saturated heterocycles. The van der Waals surface area contributed by atoms with Crippen molar-refractivity contribution in [1.29, 1.82) is 0 Å². The summed E-state index contributed by atoms with van der Waals surface area (Å²) in [6.07, 6.45) is 8.33. The van der Waals surface area contributed by atoms with Gasteiger partial charge in [-0.1, -0.05) is 64.3 Å². The molecule has 1 aliphatic rings. The molecule has 0 spiro atoms. The van der Waals surface area contributed by atoms with E-state index in [0.29, 0.717) is 5.57 Å². The molecule has 1 N–H and O–H groups in total. The fourth-order valence-corrected chi connectivity index (χ4v) is 5.06. The smallest absolute Gasteiger partial charge is 0.385 e. The van der Waals surface area contributed by atoms with Crippen LogP contribution in [-0.2, 0) is 6.18 Å². The first-order valence-electron chi connectivity index (χ1n) is 14.5. The number of anilines is 1. The zero-order valence-electron chi connectivity index (χ0n) is 24.2. The molecule has 0 radical (unpaired) electrons. The number of halogens is 3. The van der Waals surface area contributed by atoms with Crippen molar-refractivity contribution >= 4 is 17.0 Å². The van der Waals surface area contributed by atoms with Crippen LogP contribution in [0.4, 0.5) is 18.9 Å². The largest absolute Gasteiger partial charge is 0.417 e. The van der Waals surface area contributed by atoms with Gasteiger partial charge in [-0.3, -0.25) is 0 Å². The van der Waals surface area contributed by atoms with E-state index in [1.807, 2.05) is 31.2 Å². The molecule has 0 unspecified atom stereocenters. The summed E-state index contributed by atoms with van der Waals surface area (Å²) in [6.45, 7) is 13.5. The molecule has 2 aromatic rings. The number of alkyl halides is 3. The van der Waals surface area contributed by atoms with E-state index in [0.717, 1.165) is 91.8 Å². The van der Waals surface area contributed by atoms with E-state index in [1.165, 1.54) is 12.1 Å². The van der Waals surface area contributed by atoms with Crippen LogP contribution in [-0.4, -0.2) is 29.9 Å². The Morgan fingerprint density at radius 3 is 2.10 bits per heavy atom. The third kappa shape index (κ3) is 7.97. The van der Waals surface area contributed by atoms with Crippen LogP contribution in [0.1, 0.15) is 88.5 Å². The fraction of sp³-hybridized carbons (Fsp3) is 0.441. The number of hydrogen-bond acceptors (Lipinski definition) is 1. The molecule has 2 aromatic carbocycles.